The van der Waals surface area contributed by atoms with Crippen molar-refractivity contribution in [2.45, 2.75) is 24.5 Å². The molecule has 1 fully saturated rings. The fraction of sp³-hybridized carbons (Fsp3) is 0.438. The van der Waals surface area contributed by atoms with Crippen LogP contribution in [0.3, 0.4) is 0 Å². The Hall–Kier alpha value is -2.02. The van der Waals surface area contributed by atoms with Crippen molar-refractivity contribution in [1.82, 2.24) is 4.90 Å². The zero-order chi connectivity index (χ0) is 16.2. The van der Waals surface area contributed by atoms with Crippen LogP contribution in [-0.2, 0) is 9.59 Å². The van der Waals surface area contributed by atoms with Crippen LogP contribution in [0, 0.1) is 0 Å². The lowest BCUT2D eigenvalue weighted by Gasteiger charge is -2.16. The van der Waals surface area contributed by atoms with E-state index in [1.807, 2.05) is 12.1 Å². The number of nitrogens with zero attached hydrogens (tertiary/aromatic N) is 2. The molecule has 2 heterocycles. The molecule has 1 atom stereocenters. The van der Waals surface area contributed by atoms with Crippen molar-refractivity contribution in [2.24, 2.45) is 4.99 Å². The van der Waals surface area contributed by atoms with Crippen LogP contribution in [0.15, 0.2) is 29.3 Å². The van der Waals surface area contributed by atoms with Crippen molar-refractivity contribution in [3.63, 3.8) is 0 Å². The maximum Gasteiger partial charge on any atom is 0.262 e. The molecule has 122 valence electrons. The first-order chi connectivity index (χ1) is 11.2. The highest BCUT2D eigenvalue weighted by atomic mass is 32.2. The van der Waals surface area contributed by atoms with Gasteiger partial charge in [0.05, 0.1) is 12.8 Å². The maximum absolute atomic E-state index is 12.2. The number of amides is 2. The standard InChI is InChI=1S/C16H19N3O3S/c1-22-12-7-3-2-6-11(12)17-14(20)10-13-15(21)18-16(23-13)19-8-4-5-9-19/h2-3,6-7,13H,4-5,8-10H2,1H3,(H,17,20)/t13-/m1/s1. The topological polar surface area (TPSA) is 71.0 Å². The van der Waals surface area contributed by atoms with E-state index < -0.39 is 5.25 Å². The Balaban J connectivity index is 1.57. The number of likely N-dealkylation sites (tertiary alicyclic amines) is 1. The molecule has 3 rings (SSSR count). The molecule has 2 aliphatic heterocycles. The normalized spacial score (nSPS) is 20.6. The van der Waals surface area contributed by atoms with Gasteiger partial charge in [0, 0.05) is 19.5 Å². The average molecular weight is 333 g/mol. The Labute approximate surface area is 139 Å². The van der Waals surface area contributed by atoms with Crippen molar-refractivity contribution in [3.05, 3.63) is 24.3 Å². The van der Waals surface area contributed by atoms with Gasteiger partial charge in [-0.1, -0.05) is 23.9 Å². The summed E-state index contributed by atoms with van der Waals surface area (Å²) in [7, 11) is 1.55. The second-order valence-electron chi connectivity index (χ2n) is 5.49. The summed E-state index contributed by atoms with van der Waals surface area (Å²) < 4.78 is 5.21. The molecule has 0 radical (unpaired) electrons. The van der Waals surface area contributed by atoms with E-state index in [9.17, 15) is 9.59 Å². The number of hydrogen-bond acceptors (Lipinski definition) is 5. The van der Waals surface area contributed by atoms with Crippen LogP contribution in [0.25, 0.3) is 0 Å². The molecule has 1 saturated heterocycles. The summed E-state index contributed by atoms with van der Waals surface area (Å²) in [6.45, 7) is 1.89. The van der Waals surface area contributed by atoms with Gasteiger partial charge in [-0.15, -0.1) is 0 Å². The molecule has 0 saturated carbocycles. The summed E-state index contributed by atoms with van der Waals surface area (Å²) in [5.74, 6) is 0.172. The van der Waals surface area contributed by atoms with E-state index in [4.69, 9.17) is 4.74 Å². The molecular weight excluding hydrogens is 314 g/mol. The molecule has 0 spiro atoms. The minimum Gasteiger partial charge on any atom is -0.495 e. The third-order valence-corrected chi connectivity index (χ3v) is 5.07. The molecule has 2 amide bonds. The first-order valence-electron chi connectivity index (χ1n) is 7.64. The Bertz CT molecular complexity index is 641. The number of ether oxygens (including phenoxy) is 1. The van der Waals surface area contributed by atoms with Crippen molar-refractivity contribution < 1.29 is 14.3 Å². The van der Waals surface area contributed by atoms with E-state index >= 15 is 0 Å². The number of methoxy groups -OCH3 is 1. The first kappa shape index (κ1) is 15.9. The van der Waals surface area contributed by atoms with Crippen molar-refractivity contribution in [1.29, 1.82) is 0 Å². The van der Waals surface area contributed by atoms with Crippen LogP contribution in [0.1, 0.15) is 19.3 Å². The lowest BCUT2D eigenvalue weighted by atomic mass is 10.2. The molecule has 6 nitrogen and oxygen atoms in total. The van der Waals surface area contributed by atoms with E-state index in [2.05, 4.69) is 15.2 Å². The van der Waals surface area contributed by atoms with Gasteiger partial charge in [-0.25, -0.2) is 0 Å². The Kier molecular flexibility index (Phi) is 4.85. The lowest BCUT2D eigenvalue weighted by molar-refractivity contribution is -0.121. The van der Waals surface area contributed by atoms with Gasteiger partial charge in [0.1, 0.15) is 11.0 Å². The van der Waals surface area contributed by atoms with Gasteiger partial charge >= 0.3 is 0 Å². The number of para-hydroxylation sites is 2. The predicted molar refractivity (Wildman–Crippen MR) is 90.9 cm³/mol. The van der Waals surface area contributed by atoms with Gasteiger partial charge in [-0.3, -0.25) is 9.59 Å². The van der Waals surface area contributed by atoms with Crippen LogP contribution in [0.5, 0.6) is 5.75 Å². The van der Waals surface area contributed by atoms with E-state index in [0.717, 1.165) is 31.1 Å². The number of rotatable bonds is 4. The molecule has 0 aromatic heterocycles. The molecule has 0 bridgehead atoms. The van der Waals surface area contributed by atoms with Gasteiger partial charge in [-0.05, 0) is 25.0 Å². The van der Waals surface area contributed by atoms with Crippen molar-refractivity contribution in [3.8, 4) is 5.75 Å². The Morgan fingerprint density at radius 3 is 2.87 bits per heavy atom. The SMILES string of the molecule is COc1ccccc1NC(=O)C[C@H]1SC(N2CCCC2)=NC1=O. The molecule has 7 heteroatoms. The molecular formula is C16H19N3O3S. The number of anilines is 1. The second kappa shape index (κ2) is 7.04. The first-order valence-corrected chi connectivity index (χ1v) is 8.52. The molecule has 1 aromatic carbocycles. The fourth-order valence-electron chi connectivity index (χ4n) is 2.67. The number of thioether (sulfide) groups is 1. The second-order valence-corrected chi connectivity index (χ2v) is 6.66. The van der Waals surface area contributed by atoms with E-state index in [1.54, 1.807) is 19.2 Å². The quantitative estimate of drug-likeness (QED) is 0.914. The summed E-state index contributed by atoms with van der Waals surface area (Å²) in [6, 6.07) is 7.20. The summed E-state index contributed by atoms with van der Waals surface area (Å²) in [6.07, 6.45) is 2.38. The average Bonchev–Trinajstić information content (AvgIpc) is 3.18. The number of amidine groups is 1. The zero-order valence-corrected chi connectivity index (χ0v) is 13.8. The van der Waals surface area contributed by atoms with E-state index in [0.29, 0.717) is 11.4 Å². The summed E-state index contributed by atoms with van der Waals surface area (Å²) in [5, 5.41) is 3.14. The fourth-order valence-corrected chi connectivity index (χ4v) is 3.79. The number of carbonyl (C=O) groups excluding carboxylic acids is 2. The molecule has 1 N–H and O–H groups in total. The highest BCUT2D eigenvalue weighted by Crippen LogP contribution is 2.30. The number of hydrogen-bond donors (Lipinski definition) is 1. The van der Waals surface area contributed by atoms with Gasteiger partial charge in [-0.2, -0.15) is 4.99 Å². The monoisotopic (exact) mass is 333 g/mol. The highest BCUT2D eigenvalue weighted by Gasteiger charge is 2.33. The van der Waals surface area contributed by atoms with Gasteiger partial charge < -0.3 is 15.0 Å². The number of aliphatic imine (C=N–C) groups is 1. The third kappa shape index (κ3) is 3.67. The van der Waals surface area contributed by atoms with Gasteiger partial charge in [0.2, 0.25) is 5.91 Å². The largest absolute Gasteiger partial charge is 0.495 e. The number of nitrogens with one attached hydrogen (secondary N) is 1. The highest BCUT2D eigenvalue weighted by molar-refractivity contribution is 8.15. The van der Waals surface area contributed by atoms with Crippen LogP contribution in [0.2, 0.25) is 0 Å². The van der Waals surface area contributed by atoms with Crippen LogP contribution in [0.4, 0.5) is 5.69 Å². The number of benzene rings is 1. The zero-order valence-electron chi connectivity index (χ0n) is 12.9. The minimum absolute atomic E-state index is 0.113. The third-order valence-electron chi connectivity index (χ3n) is 3.86. The van der Waals surface area contributed by atoms with E-state index in [-0.39, 0.29) is 18.2 Å². The van der Waals surface area contributed by atoms with E-state index in [1.165, 1.54) is 11.8 Å². The van der Waals surface area contributed by atoms with Gasteiger partial charge in [0.15, 0.2) is 5.17 Å². The van der Waals surface area contributed by atoms with Crippen LogP contribution >= 0.6 is 11.8 Å². The lowest BCUT2D eigenvalue weighted by Crippen LogP contribution is -2.25. The Morgan fingerprint density at radius 2 is 2.13 bits per heavy atom. The van der Waals surface area contributed by atoms with Crippen molar-refractivity contribution in [2.75, 3.05) is 25.5 Å². The van der Waals surface area contributed by atoms with Gasteiger partial charge in [0.25, 0.3) is 5.91 Å². The summed E-state index contributed by atoms with van der Waals surface area (Å²) >= 11 is 1.40. The molecule has 1 aromatic rings. The summed E-state index contributed by atoms with van der Waals surface area (Å²) in [5.41, 5.74) is 0.608. The minimum atomic E-state index is -0.430. The molecule has 0 unspecified atom stereocenters. The molecule has 23 heavy (non-hydrogen) atoms. The predicted octanol–water partition coefficient (Wildman–Crippen LogP) is 2.12. The van der Waals surface area contributed by atoms with Crippen LogP contribution < -0.4 is 10.1 Å². The Morgan fingerprint density at radius 1 is 1.39 bits per heavy atom. The summed E-state index contributed by atoms with van der Waals surface area (Å²) in [4.78, 5) is 30.5. The molecule has 0 aliphatic carbocycles. The maximum atomic E-state index is 12.2. The van der Waals surface area contributed by atoms with Crippen LogP contribution in [-0.4, -0.2) is 47.3 Å². The molecule has 2 aliphatic rings. The number of carbonyl (C=O) groups is 2. The van der Waals surface area contributed by atoms with Crippen molar-refractivity contribution >= 4 is 34.4 Å². The smallest absolute Gasteiger partial charge is 0.262 e.